The maximum atomic E-state index is 11.0. The van der Waals surface area contributed by atoms with E-state index < -0.39 is 10.0 Å². The number of hydrogen-bond acceptors (Lipinski definition) is 3. The van der Waals surface area contributed by atoms with Gasteiger partial charge in [-0.05, 0) is 23.3 Å². The molecule has 0 bridgehead atoms. The molecule has 0 unspecified atom stereocenters. The maximum Gasteiger partial charge on any atom is 0.238 e. The van der Waals surface area contributed by atoms with Crippen molar-refractivity contribution in [3.63, 3.8) is 0 Å². The van der Waals surface area contributed by atoms with Crippen molar-refractivity contribution in [1.82, 2.24) is 5.32 Å². The number of halogens is 1. The van der Waals surface area contributed by atoms with Gasteiger partial charge in [-0.3, -0.25) is 0 Å². The maximum absolute atomic E-state index is 11.0. The fourth-order valence-corrected chi connectivity index (χ4v) is 2.01. The quantitative estimate of drug-likeness (QED) is 0.737. The van der Waals surface area contributed by atoms with Gasteiger partial charge >= 0.3 is 0 Å². The van der Waals surface area contributed by atoms with Gasteiger partial charge in [0, 0.05) is 13.1 Å². The van der Waals surface area contributed by atoms with Gasteiger partial charge in [0.1, 0.15) is 0 Å². The van der Waals surface area contributed by atoms with E-state index in [2.05, 4.69) is 5.32 Å². The van der Waals surface area contributed by atoms with Crippen LogP contribution in [0.5, 0.6) is 0 Å². The van der Waals surface area contributed by atoms with E-state index in [1.54, 1.807) is 18.2 Å². The molecule has 0 amide bonds. The third-order valence-corrected chi connectivity index (χ3v) is 3.05. The minimum atomic E-state index is -3.55. The van der Waals surface area contributed by atoms with Crippen LogP contribution in [0.1, 0.15) is 11.1 Å². The second-order valence-corrected chi connectivity index (χ2v) is 4.64. The van der Waals surface area contributed by atoms with Gasteiger partial charge in [0.25, 0.3) is 0 Å². The molecule has 78 valence electrons. The van der Waals surface area contributed by atoms with Gasteiger partial charge < -0.3 is 5.32 Å². The molecular formula is C8H11ClN2O2S. The minimum Gasteiger partial charge on any atom is -0.309 e. The van der Waals surface area contributed by atoms with E-state index in [9.17, 15) is 8.42 Å². The highest BCUT2D eigenvalue weighted by Gasteiger charge is 2.14. The van der Waals surface area contributed by atoms with E-state index in [0.29, 0.717) is 0 Å². The zero-order valence-corrected chi connectivity index (χ0v) is 8.99. The molecule has 1 aromatic carbocycles. The average molecular weight is 235 g/mol. The highest BCUT2D eigenvalue weighted by Crippen LogP contribution is 2.18. The predicted octanol–water partition coefficient (Wildman–Crippen LogP) is 0.359. The van der Waals surface area contributed by atoms with Crippen LogP contribution in [0.2, 0.25) is 0 Å². The number of fused-ring (bicyclic) bond motifs is 1. The van der Waals surface area contributed by atoms with Crippen molar-refractivity contribution in [2.24, 2.45) is 5.14 Å². The van der Waals surface area contributed by atoms with Gasteiger partial charge in [0.2, 0.25) is 10.0 Å². The van der Waals surface area contributed by atoms with E-state index in [4.69, 9.17) is 5.14 Å². The lowest BCUT2D eigenvalue weighted by molar-refractivity contribution is 0.597. The Morgan fingerprint density at radius 2 is 1.86 bits per heavy atom. The molecule has 0 aromatic heterocycles. The van der Waals surface area contributed by atoms with E-state index in [1.165, 1.54) is 0 Å². The van der Waals surface area contributed by atoms with Crippen LogP contribution in [0, 0.1) is 0 Å². The van der Waals surface area contributed by atoms with E-state index >= 15 is 0 Å². The molecule has 1 aromatic rings. The number of benzene rings is 1. The zero-order valence-electron chi connectivity index (χ0n) is 7.36. The van der Waals surface area contributed by atoms with E-state index in [-0.39, 0.29) is 17.3 Å². The molecule has 0 saturated heterocycles. The molecule has 1 aliphatic rings. The summed E-state index contributed by atoms with van der Waals surface area (Å²) in [7, 11) is -3.55. The number of nitrogens with two attached hydrogens (primary N) is 1. The summed E-state index contributed by atoms with van der Waals surface area (Å²) in [6.07, 6.45) is 0. The summed E-state index contributed by atoms with van der Waals surface area (Å²) in [6, 6.07) is 4.97. The van der Waals surface area contributed by atoms with Crippen LogP contribution < -0.4 is 10.5 Å². The normalized spacial score (nSPS) is 14.6. The Balaban J connectivity index is 0.000000980. The molecule has 0 radical (unpaired) electrons. The van der Waals surface area contributed by atoms with E-state index in [1.807, 2.05) is 0 Å². The molecule has 6 heteroatoms. The van der Waals surface area contributed by atoms with Crippen LogP contribution in [0.15, 0.2) is 23.1 Å². The minimum absolute atomic E-state index is 0. The second kappa shape index (κ2) is 3.86. The molecule has 0 fully saturated rings. The van der Waals surface area contributed by atoms with Crippen molar-refractivity contribution in [2.75, 3.05) is 0 Å². The molecule has 4 nitrogen and oxygen atoms in total. The molecule has 0 atom stereocenters. The summed E-state index contributed by atoms with van der Waals surface area (Å²) in [4.78, 5) is 0.190. The number of hydrogen-bond donors (Lipinski definition) is 2. The van der Waals surface area contributed by atoms with Crippen molar-refractivity contribution < 1.29 is 8.42 Å². The van der Waals surface area contributed by atoms with Gasteiger partial charge in [0.15, 0.2) is 0 Å². The lowest BCUT2D eigenvalue weighted by atomic mass is 10.1. The molecular weight excluding hydrogens is 224 g/mol. The Bertz CT molecular complexity index is 445. The highest BCUT2D eigenvalue weighted by atomic mass is 35.5. The van der Waals surface area contributed by atoms with Crippen molar-refractivity contribution in [3.8, 4) is 0 Å². The molecule has 0 spiro atoms. The Morgan fingerprint density at radius 1 is 1.21 bits per heavy atom. The summed E-state index contributed by atoms with van der Waals surface area (Å²) in [5.74, 6) is 0. The van der Waals surface area contributed by atoms with Crippen molar-refractivity contribution in [2.45, 2.75) is 18.0 Å². The summed E-state index contributed by atoms with van der Waals surface area (Å²) in [5, 5.41) is 8.13. The van der Waals surface area contributed by atoms with Crippen LogP contribution in [0.3, 0.4) is 0 Å². The Morgan fingerprint density at radius 3 is 2.50 bits per heavy atom. The third kappa shape index (κ3) is 2.06. The molecule has 2 rings (SSSR count). The summed E-state index contributed by atoms with van der Waals surface area (Å²) in [5.41, 5.74) is 2.17. The molecule has 3 N–H and O–H groups in total. The number of sulfonamides is 1. The monoisotopic (exact) mass is 234 g/mol. The third-order valence-electron chi connectivity index (χ3n) is 2.14. The SMILES string of the molecule is Cl.NS(=O)(=O)c1ccc2c(c1)CNC2. The van der Waals surface area contributed by atoms with Crippen molar-refractivity contribution >= 4 is 22.4 Å². The predicted molar refractivity (Wildman–Crippen MR) is 55.6 cm³/mol. The molecule has 14 heavy (non-hydrogen) atoms. The first-order valence-corrected chi connectivity index (χ1v) is 5.47. The summed E-state index contributed by atoms with van der Waals surface area (Å²) >= 11 is 0. The van der Waals surface area contributed by atoms with Gasteiger partial charge in [-0.25, -0.2) is 13.6 Å². The van der Waals surface area contributed by atoms with Crippen molar-refractivity contribution in [3.05, 3.63) is 29.3 Å². The first-order valence-electron chi connectivity index (χ1n) is 3.93. The lowest BCUT2D eigenvalue weighted by Gasteiger charge is -2.00. The Hall–Kier alpha value is -0.620. The standard InChI is InChI=1S/C8H10N2O2S.ClH/c9-13(11,12)8-2-1-6-4-10-5-7(6)3-8;/h1-3,10H,4-5H2,(H2,9,11,12);1H. The number of rotatable bonds is 1. The number of nitrogens with one attached hydrogen (secondary N) is 1. The smallest absolute Gasteiger partial charge is 0.238 e. The molecule has 0 saturated carbocycles. The molecule has 0 aliphatic carbocycles. The Labute approximate surface area is 89.0 Å². The fraction of sp³-hybridized carbons (Fsp3) is 0.250. The fourth-order valence-electron chi connectivity index (χ4n) is 1.45. The van der Waals surface area contributed by atoms with Gasteiger partial charge in [-0.2, -0.15) is 0 Å². The highest BCUT2D eigenvalue weighted by molar-refractivity contribution is 7.89. The Kier molecular flexibility index (Phi) is 3.16. The van der Waals surface area contributed by atoms with Gasteiger partial charge in [-0.15, -0.1) is 12.4 Å². The van der Waals surface area contributed by atoms with Crippen LogP contribution in [0.4, 0.5) is 0 Å². The van der Waals surface area contributed by atoms with Crippen LogP contribution in [0.25, 0.3) is 0 Å². The zero-order chi connectivity index (χ0) is 9.47. The second-order valence-electron chi connectivity index (χ2n) is 3.08. The van der Waals surface area contributed by atoms with Crippen LogP contribution >= 0.6 is 12.4 Å². The first-order chi connectivity index (χ1) is 6.07. The largest absolute Gasteiger partial charge is 0.309 e. The van der Waals surface area contributed by atoms with Gasteiger partial charge in [-0.1, -0.05) is 6.07 Å². The van der Waals surface area contributed by atoms with Crippen LogP contribution in [-0.2, 0) is 23.1 Å². The molecule has 1 aliphatic heterocycles. The number of primary sulfonamides is 1. The summed E-state index contributed by atoms with van der Waals surface area (Å²) in [6.45, 7) is 1.53. The van der Waals surface area contributed by atoms with Crippen molar-refractivity contribution in [1.29, 1.82) is 0 Å². The molecule has 1 heterocycles. The van der Waals surface area contributed by atoms with Gasteiger partial charge in [0.05, 0.1) is 4.90 Å². The van der Waals surface area contributed by atoms with E-state index in [0.717, 1.165) is 24.2 Å². The average Bonchev–Trinajstić information content (AvgIpc) is 2.47. The summed E-state index contributed by atoms with van der Waals surface area (Å²) < 4.78 is 22.0. The van der Waals surface area contributed by atoms with Crippen LogP contribution in [-0.4, -0.2) is 8.42 Å². The lowest BCUT2D eigenvalue weighted by Crippen LogP contribution is -2.12. The topological polar surface area (TPSA) is 72.2 Å². The first kappa shape index (κ1) is 11.5.